The molecule has 4 rings (SSSR count). The van der Waals surface area contributed by atoms with E-state index in [4.69, 9.17) is 4.74 Å². The first kappa shape index (κ1) is 22.1. The number of benzene rings is 4. The van der Waals surface area contributed by atoms with Crippen LogP contribution in [0.25, 0.3) is 10.8 Å². The van der Waals surface area contributed by atoms with Gasteiger partial charge in [-0.05, 0) is 42.5 Å². The van der Waals surface area contributed by atoms with Crippen molar-refractivity contribution in [2.75, 3.05) is 11.9 Å². The van der Waals surface area contributed by atoms with Crippen molar-refractivity contribution in [3.63, 3.8) is 0 Å². The number of carbonyl (C=O) groups is 2. The van der Waals surface area contributed by atoms with Crippen molar-refractivity contribution in [2.24, 2.45) is 0 Å². The number of carbonyl (C=O) groups excluding carboxylic acids is 2. The van der Waals surface area contributed by atoms with E-state index >= 15 is 0 Å². The summed E-state index contributed by atoms with van der Waals surface area (Å²) >= 11 is 0. The minimum absolute atomic E-state index is 0.232. The molecule has 2 N–H and O–H groups in total. The van der Waals surface area contributed by atoms with E-state index in [-0.39, 0.29) is 11.8 Å². The molecule has 0 aromatic heterocycles. The molecule has 0 bridgehead atoms. The first-order chi connectivity index (χ1) is 16.1. The number of amides is 2. The fourth-order valence-electron chi connectivity index (χ4n) is 3.63. The first-order valence-electron chi connectivity index (χ1n) is 11.0. The second-order valence-corrected chi connectivity index (χ2v) is 7.76. The van der Waals surface area contributed by atoms with E-state index in [9.17, 15) is 9.59 Å². The largest absolute Gasteiger partial charge is 0.480 e. The van der Waals surface area contributed by atoms with E-state index in [0.29, 0.717) is 23.5 Å². The van der Waals surface area contributed by atoms with Crippen LogP contribution in [0.1, 0.15) is 22.8 Å². The van der Waals surface area contributed by atoms with Gasteiger partial charge in [-0.1, -0.05) is 78.9 Å². The standard InChI is InChI=1S/C28H26N2O3/c1-20(33-26-17-9-13-22-12-5-6-14-23(22)26)27(31)30-25-16-8-7-15-24(25)28(32)29-19-18-21-10-3-2-4-11-21/h2-17,20H,18-19H2,1H3,(H,29,32)(H,30,31). The minimum atomic E-state index is -0.745. The molecular formula is C28H26N2O3. The molecule has 1 unspecified atom stereocenters. The van der Waals surface area contributed by atoms with Crippen LogP contribution in [0.3, 0.4) is 0 Å². The summed E-state index contributed by atoms with van der Waals surface area (Å²) in [5.41, 5.74) is 2.02. The summed E-state index contributed by atoms with van der Waals surface area (Å²) in [4.78, 5) is 25.6. The average Bonchev–Trinajstić information content (AvgIpc) is 2.85. The average molecular weight is 439 g/mol. The SMILES string of the molecule is CC(Oc1cccc2ccccc12)C(=O)Nc1ccccc1C(=O)NCCc1ccccc1. The molecule has 0 radical (unpaired) electrons. The minimum Gasteiger partial charge on any atom is -0.480 e. The molecule has 166 valence electrons. The van der Waals surface area contributed by atoms with Crippen molar-refractivity contribution in [3.8, 4) is 5.75 Å². The fraction of sp³-hybridized carbons (Fsp3) is 0.143. The van der Waals surface area contributed by atoms with Crippen molar-refractivity contribution in [2.45, 2.75) is 19.4 Å². The summed E-state index contributed by atoms with van der Waals surface area (Å²) in [6.45, 7) is 2.20. The molecule has 2 amide bonds. The van der Waals surface area contributed by atoms with Crippen LogP contribution in [0.5, 0.6) is 5.75 Å². The van der Waals surface area contributed by atoms with Gasteiger partial charge in [-0.25, -0.2) is 0 Å². The Labute approximate surface area is 193 Å². The summed E-state index contributed by atoms with van der Waals surface area (Å²) in [6.07, 6.45) is -0.0122. The van der Waals surface area contributed by atoms with E-state index in [1.54, 1.807) is 31.2 Å². The summed E-state index contributed by atoms with van der Waals surface area (Å²) < 4.78 is 5.96. The Morgan fingerprint density at radius 2 is 1.52 bits per heavy atom. The maximum atomic E-state index is 12.9. The van der Waals surface area contributed by atoms with E-state index in [2.05, 4.69) is 10.6 Å². The highest BCUT2D eigenvalue weighted by molar-refractivity contribution is 6.04. The molecule has 4 aromatic rings. The van der Waals surface area contributed by atoms with Gasteiger partial charge in [0.1, 0.15) is 5.75 Å². The van der Waals surface area contributed by atoms with Gasteiger partial charge < -0.3 is 15.4 Å². The van der Waals surface area contributed by atoms with Crippen LogP contribution in [0.15, 0.2) is 97.1 Å². The number of nitrogens with one attached hydrogen (secondary N) is 2. The molecule has 1 atom stereocenters. The maximum Gasteiger partial charge on any atom is 0.265 e. The van der Waals surface area contributed by atoms with Gasteiger partial charge in [0.05, 0.1) is 11.3 Å². The number of ether oxygens (including phenoxy) is 1. The van der Waals surface area contributed by atoms with Crippen molar-refractivity contribution in [3.05, 3.63) is 108 Å². The number of hydrogen-bond acceptors (Lipinski definition) is 3. The van der Waals surface area contributed by atoms with Crippen molar-refractivity contribution < 1.29 is 14.3 Å². The lowest BCUT2D eigenvalue weighted by Gasteiger charge is -2.17. The van der Waals surface area contributed by atoms with E-state index in [0.717, 1.165) is 22.8 Å². The van der Waals surface area contributed by atoms with Crippen molar-refractivity contribution in [1.82, 2.24) is 5.32 Å². The molecule has 0 saturated heterocycles. The molecule has 0 fully saturated rings. The third-order valence-electron chi connectivity index (χ3n) is 5.39. The number of para-hydroxylation sites is 1. The highest BCUT2D eigenvalue weighted by Gasteiger charge is 2.19. The Morgan fingerprint density at radius 3 is 2.36 bits per heavy atom. The molecule has 0 aliphatic rings. The smallest absolute Gasteiger partial charge is 0.265 e. The molecular weight excluding hydrogens is 412 g/mol. The molecule has 0 spiro atoms. The van der Waals surface area contributed by atoms with Crippen LogP contribution < -0.4 is 15.4 Å². The lowest BCUT2D eigenvalue weighted by atomic mass is 10.1. The van der Waals surface area contributed by atoms with Gasteiger partial charge >= 0.3 is 0 Å². The molecule has 5 heteroatoms. The van der Waals surface area contributed by atoms with Crippen LogP contribution in [-0.4, -0.2) is 24.5 Å². The van der Waals surface area contributed by atoms with Crippen LogP contribution in [0.2, 0.25) is 0 Å². The maximum absolute atomic E-state index is 12.9. The Morgan fingerprint density at radius 1 is 0.818 bits per heavy atom. The highest BCUT2D eigenvalue weighted by Crippen LogP contribution is 2.26. The second kappa shape index (κ2) is 10.5. The Bertz CT molecular complexity index is 1250. The van der Waals surface area contributed by atoms with Gasteiger partial charge in [-0.2, -0.15) is 0 Å². The molecule has 0 aliphatic heterocycles. The number of anilines is 1. The predicted octanol–water partition coefficient (Wildman–Crippen LogP) is 5.22. The lowest BCUT2D eigenvalue weighted by molar-refractivity contribution is -0.122. The van der Waals surface area contributed by atoms with E-state index in [1.807, 2.05) is 72.8 Å². The predicted molar refractivity (Wildman–Crippen MR) is 132 cm³/mol. The van der Waals surface area contributed by atoms with Crippen LogP contribution in [0.4, 0.5) is 5.69 Å². The lowest BCUT2D eigenvalue weighted by Crippen LogP contribution is -2.32. The van der Waals surface area contributed by atoms with Gasteiger partial charge in [0, 0.05) is 11.9 Å². The second-order valence-electron chi connectivity index (χ2n) is 7.76. The summed E-state index contributed by atoms with van der Waals surface area (Å²) in [5, 5.41) is 7.76. The van der Waals surface area contributed by atoms with Gasteiger partial charge in [-0.15, -0.1) is 0 Å². The zero-order valence-corrected chi connectivity index (χ0v) is 18.5. The van der Waals surface area contributed by atoms with Gasteiger partial charge in [0.25, 0.3) is 11.8 Å². The zero-order chi connectivity index (χ0) is 23.0. The molecule has 5 nitrogen and oxygen atoms in total. The molecule has 0 saturated carbocycles. The quantitative estimate of drug-likeness (QED) is 0.396. The first-order valence-corrected chi connectivity index (χ1v) is 11.0. The topological polar surface area (TPSA) is 67.4 Å². The van der Waals surface area contributed by atoms with Crippen molar-refractivity contribution in [1.29, 1.82) is 0 Å². The van der Waals surface area contributed by atoms with Gasteiger partial charge in [0.15, 0.2) is 6.10 Å². The number of fused-ring (bicyclic) bond motifs is 1. The summed E-state index contributed by atoms with van der Waals surface area (Å²) in [6, 6.07) is 30.6. The number of hydrogen-bond donors (Lipinski definition) is 2. The monoisotopic (exact) mass is 438 g/mol. The van der Waals surface area contributed by atoms with E-state index < -0.39 is 6.10 Å². The molecule has 33 heavy (non-hydrogen) atoms. The summed E-state index contributed by atoms with van der Waals surface area (Å²) in [7, 11) is 0. The third-order valence-corrected chi connectivity index (χ3v) is 5.39. The third kappa shape index (κ3) is 5.57. The summed E-state index contributed by atoms with van der Waals surface area (Å²) in [5.74, 6) is 0.0830. The normalized spacial score (nSPS) is 11.5. The Hall–Kier alpha value is -4.12. The van der Waals surface area contributed by atoms with Crippen LogP contribution in [-0.2, 0) is 11.2 Å². The molecule has 0 heterocycles. The van der Waals surface area contributed by atoms with Gasteiger partial charge in [-0.3, -0.25) is 9.59 Å². The van der Waals surface area contributed by atoms with Gasteiger partial charge in [0.2, 0.25) is 0 Å². The van der Waals surface area contributed by atoms with Crippen LogP contribution >= 0.6 is 0 Å². The van der Waals surface area contributed by atoms with Crippen LogP contribution in [0, 0.1) is 0 Å². The number of rotatable bonds is 8. The Balaban J connectivity index is 1.40. The Kier molecular flexibility index (Phi) is 7.00. The van der Waals surface area contributed by atoms with E-state index in [1.165, 1.54) is 0 Å². The zero-order valence-electron chi connectivity index (χ0n) is 18.5. The fourth-order valence-corrected chi connectivity index (χ4v) is 3.63. The highest BCUT2D eigenvalue weighted by atomic mass is 16.5. The van der Waals surface area contributed by atoms with Crippen molar-refractivity contribution >= 4 is 28.3 Å². The molecule has 4 aromatic carbocycles. The molecule has 0 aliphatic carbocycles.